The molecule has 0 heterocycles. The molecule has 2 N–H and O–H groups in total. The highest BCUT2D eigenvalue weighted by molar-refractivity contribution is 6.29. The molecule has 4 saturated carbocycles. The van der Waals surface area contributed by atoms with Crippen LogP contribution in [0.4, 0.5) is 4.39 Å². The lowest BCUT2D eigenvalue weighted by atomic mass is 9.42. The lowest BCUT2D eigenvalue weighted by molar-refractivity contribution is -0.254. The van der Waals surface area contributed by atoms with Gasteiger partial charge in [0.25, 0.3) is 6.47 Å². The Labute approximate surface area is 182 Å². The number of carbonyl (C=O) groups excluding carboxylic acids is 2. The van der Waals surface area contributed by atoms with Gasteiger partial charge in [-0.15, -0.1) is 11.6 Å². The van der Waals surface area contributed by atoms with Gasteiger partial charge >= 0.3 is 0 Å². The van der Waals surface area contributed by atoms with Crippen molar-refractivity contribution in [3.05, 3.63) is 12.2 Å². The monoisotopic (exact) mass is 442 g/mol. The summed E-state index contributed by atoms with van der Waals surface area (Å²) in [6.45, 7) is 8.29. The zero-order chi connectivity index (χ0) is 22.1. The Hall–Kier alpha value is -0.980. The molecule has 4 aliphatic rings. The van der Waals surface area contributed by atoms with Gasteiger partial charge in [0, 0.05) is 17.3 Å². The Morgan fingerprint density at radius 1 is 1.27 bits per heavy atom. The second-order valence-corrected chi connectivity index (χ2v) is 10.8. The fourth-order valence-corrected chi connectivity index (χ4v) is 8.16. The number of ketones is 1. The summed E-state index contributed by atoms with van der Waals surface area (Å²) >= 11 is 5.83. The summed E-state index contributed by atoms with van der Waals surface area (Å²) in [7, 11) is 0. The standard InChI is InChI=1S/C23H32ClFO5/c1-13-8-17-15-9-18(25)22(28)10-14(30-12-26)4-6-20(22,2)16(15)5-7-21(17,3)23(13,29)19(27)11-24/h12,14-18,28-29H,1,4-11H2,2-3H3/t14?,15-,16+,17+,18?,20-,21+,22?,23+/m1/s1. The number of ether oxygens (including phenoxy) is 1. The SMILES string of the molecule is C=C1C[C@H]2[C@@H]3CC(F)C4(O)CC(OC=O)CC[C@]4(C)[C@H]3CC[C@]2(C)[C@@]1(O)C(=O)CCl. The highest BCUT2D eigenvalue weighted by atomic mass is 35.5. The van der Waals surface area contributed by atoms with Crippen molar-refractivity contribution in [3.8, 4) is 0 Å². The van der Waals surface area contributed by atoms with Gasteiger partial charge in [-0.05, 0) is 61.9 Å². The first-order chi connectivity index (χ1) is 14.0. The number of aliphatic hydroxyl groups is 2. The zero-order valence-corrected chi connectivity index (χ0v) is 18.5. The van der Waals surface area contributed by atoms with E-state index in [1.807, 2.05) is 13.8 Å². The third kappa shape index (κ3) is 2.53. The van der Waals surface area contributed by atoms with E-state index < -0.39 is 40.1 Å². The summed E-state index contributed by atoms with van der Waals surface area (Å²) in [5.74, 6) is -0.816. The first-order valence-electron chi connectivity index (χ1n) is 10.9. The van der Waals surface area contributed by atoms with Gasteiger partial charge in [-0.2, -0.15) is 0 Å². The smallest absolute Gasteiger partial charge is 0.293 e. The molecule has 168 valence electrons. The van der Waals surface area contributed by atoms with Crippen molar-refractivity contribution >= 4 is 23.9 Å². The quantitative estimate of drug-likeness (QED) is 0.396. The van der Waals surface area contributed by atoms with Gasteiger partial charge in [-0.3, -0.25) is 9.59 Å². The fraction of sp³-hybridized carbons (Fsp3) is 0.826. The second-order valence-electron chi connectivity index (χ2n) is 10.5. The van der Waals surface area contributed by atoms with Crippen molar-refractivity contribution < 1.29 is 28.9 Å². The van der Waals surface area contributed by atoms with Crippen molar-refractivity contribution in [2.24, 2.45) is 28.6 Å². The molecule has 0 aromatic heterocycles. The van der Waals surface area contributed by atoms with Gasteiger partial charge in [0.15, 0.2) is 11.4 Å². The zero-order valence-electron chi connectivity index (χ0n) is 17.7. The molecule has 3 unspecified atom stereocenters. The van der Waals surface area contributed by atoms with Crippen LogP contribution < -0.4 is 0 Å². The van der Waals surface area contributed by atoms with Crippen molar-refractivity contribution in [2.75, 3.05) is 5.88 Å². The molecule has 0 saturated heterocycles. The summed E-state index contributed by atoms with van der Waals surface area (Å²) in [6.07, 6.45) is 1.25. The van der Waals surface area contributed by atoms with Gasteiger partial charge < -0.3 is 14.9 Å². The summed E-state index contributed by atoms with van der Waals surface area (Å²) in [6, 6.07) is 0. The van der Waals surface area contributed by atoms with E-state index in [0.717, 1.165) is 0 Å². The summed E-state index contributed by atoms with van der Waals surface area (Å²) < 4.78 is 20.8. The van der Waals surface area contributed by atoms with E-state index in [-0.39, 0.29) is 36.5 Å². The molecule has 5 nitrogen and oxygen atoms in total. The number of fused-ring (bicyclic) bond motifs is 5. The van der Waals surface area contributed by atoms with Crippen LogP contribution in [0.15, 0.2) is 12.2 Å². The Kier molecular flexibility index (Phi) is 5.19. The second kappa shape index (κ2) is 7.01. The molecule has 9 atom stereocenters. The van der Waals surface area contributed by atoms with Crippen molar-refractivity contribution in [3.63, 3.8) is 0 Å². The minimum atomic E-state index is -1.68. The van der Waals surface area contributed by atoms with Crippen LogP contribution in [0.3, 0.4) is 0 Å². The van der Waals surface area contributed by atoms with E-state index in [4.69, 9.17) is 16.3 Å². The molecule has 4 fully saturated rings. The molecule has 0 aromatic rings. The molecule has 4 rings (SSSR count). The third-order valence-corrected chi connectivity index (χ3v) is 9.98. The maximum absolute atomic E-state index is 15.7. The Morgan fingerprint density at radius 3 is 2.57 bits per heavy atom. The number of hydrogen-bond acceptors (Lipinski definition) is 5. The molecule has 0 spiro atoms. The van der Waals surface area contributed by atoms with Gasteiger partial charge in [-0.25, -0.2) is 4.39 Å². The molecule has 0 amide bonds. The average molecular weight is 443 g/mol. The maximum atomic E-state index is 15.7. The van der Waals surface area contributed by atoms with Gasteiger partial charge in [0.1, 0.15) is 17.9 Å². The first kappa shape index (κ1) is 22.2. The number of halogens is 2. The molecular formula is C23H32ClFO5. The average Bonchev–Trinajstić information content (AvgIpc) is 2.91. The molecule has 4 aliphatic carbocycles. The largest absolute Gasteiger partial charge is 0.464 e. The number of alkyl halides is 2. The van der Waals surface area contributed by atoms with Crippen LogP contribution in [0.1, 0.15) is 58.8 Å². The number of hydrogen-bond donors (Lipinski definition) is 2. The highest BCUT2D eigenvalue weighted by Crippen LogP contribution is 2.70. The van der Waals surface area contributed by atoms with Crippen LogP contribution in [0.5, 0.6) is 0 Å². The van der Waals surface area contributed by atoms with Gasteiger partial charge in [0.05, 0.1) is 5.88 Å². The summed E-state index contributed by atoms with van der Waals surface area (Å²) in [4.78, 5) is 23.5. The minimum absolute atomic E-state index is 0.0611. The number of rotatable bonds is 4. The lowest BCUT2D eigenvalue weighted by Gasteiger charge is -2.65. The Morgan fingerprint density at radius 2 is 1.93 bits per heavy atom. The van der Waals surface area contributed by atoms with Crippen LogP contribution >= 0.6 is 11.6 Å². The van der Waals surface area contributed by atoms with Crippen LogP contribution in [0.25, 0.3) is 0 Å². The highest BCUT2D eigenvalue weighted by Gasteiger charge is 2.72. The lowest BCUT2D eigenvalue weighted by Crippen LogP contribution is -2.68. The summed E-state index contributed by atoms with van der Waals surface area (Å²) in [5.41, 5.74) is -4.14. The van der Waals surface area contributed by atoms with E-state index >= 15 is 4.39 Å². The predicted molar refractivity (Wildman–Crippen MR) is 110 cm³/mol. The van der Waals surface area contributed by atoms with E-state index in [0.29, 0.717) is 44.1 Å². The topological polar surface area (TPSA) is 83.8 Å². The van der Waals surface area contributed by atoms with Gasteiger partial charge in [-0.1, -0.05) is 20.4 Å². The van der Waals surface area contributed by atoms with Crippen LogP contribution in [0, 0.1) is 28.6 Å². The summed E-state index contributed by atoms with van der Waals surface area (Å²) in [5, 5.41) is 23.0. The third-order valence-electron chi connectivity index (χ3n) is 9.73. The molecule has 0 aromatic carbocycles. The molecular weight excluding hydrogens is 411 g/mol. The van der Waals surface area contributed by atoms with Crippen molar-refractivity contribution in [1.29, 1.82) is 0 Å². The first-order valence-corrected chi connectivity index (χ1v) is 11.5. The van der Waals surface area contributed by atoms with E-state index in [9.17, 15) is 19.8 Å². The van der Waals surface area contributed by atoms with Crippen molar-refractivity contribution in [2.45, 2.75) is 82.3 Å². The fourth-order valence-electron chi connectivity index (χ4n) is 7.96. The number of Topliss-reactive ketones (excluding diaryl/α,β-unsaturated/α-hetero) is 1. The Bertz CT molecular complexity index is 775. The van der Waals surface area contributed by atoms with Crippen molar-refractivity contribution in [1.82, 2.24) is 0 Å². The van der Waals surface area contributed by atoms with E-state index in [1.54, 1.807) is 0 Å². The minimum Gasteiger partial charge on any atom is -0.464 e. The molecule has 0 radical (unpaired) electrons. The van der Waals surface area contributed by atoms with Crippen LogP contribution in [-0.2, 0) is 14.3 Å². The van der Waals surface area contributed by atoms with Gasteiger partial charge in [0.2, 0.25) is 0 Å². The molecule has 30 heavy (non-hydrogen) atoms. The normalized spacial score (nSPS) is 52.7. The van der Waals surface area contributed by atoms with E-state index in [1.165, 1.54) is 0 Å². The molecule has 0 bridgehead atoms. The predicted octanol–water partition coefficient (Wildman–Crippen LogP) is 3.34. The van der Waals surface area contributed by atoms with E-state index in [2.05, 4.69) is 6.58 Å². The molecule has 7 heteroatoms. The molecule has 0 aliphatic heterocycles. The number of carbonyl (C=O) groups is 2. The van der Waals surface area contributed by atoms with Crippen LogP contribution in [0.2, 0.25) is 0 Å². The Balaban J connectivity index is 1.70. The maximum Gasteiger partial charge on any atom is 0.293 e. The van der Waals surface area contributed by atoms with Crippen LogP contribution in [-0.4, -0.2) is 51.8 Å².